The maximum Gasteiger partial charge on any atom is 0.307 e. The van der Waals surface area contributed by atoms with E-state index in [1.807, 2.05) is 6.07 Å². The summed E-state index contributed by atoms with van der Waals surface area (Å²) < 4.78 is 5.54. The van der Waals surface area contributed by atoms with Gasteiger partial charge in [0.1, 0.15) is 6.10 Å². The van der Waals surface area contributed by atoms with Gasteiger partial charge in [-0.3, -0.25) is 24.1 Å². The first kappa shape index (κ1) is 20.2. The Balaban J connectivity index is 1.30. The van der Waals surface area contributed by atoms with Crippen molar-refractivity contribution in [1.82, 2.24) is 10.2 Å². The first-order valence-corrected chi connectivity index (χ1v) is 10.8. The zero-order chi connectivity index (χ0) is 21.1. The number of nitrogens with zero attached hydrogens (tertiary/aromatic N) is 1. The van der Waals surface area contributed by atoms with Crippen LogP contribution in [0.15, 0.2) is 54.6 Å². The van der Waals surface area contributed by atoms with Gasteiger partial charge in [-0.15, -0.1) is 0 Å². The summed E-state index contributed by atoms with van der Waals surface area (Å²) in [6.45, 7) is -0.0356. The summed E-state index contributed by atoms with van der Waals surface area (Å²) in [7, 11) is 0. The van der Waals surface area contributed by atoms with Crippen LogP contribution in [0.3, 0.4) is 0 Å². The molecule has 8 heteroatoms. The number of carbonyl (C=O) groups excluding carboxylic acids is 4. The number of ether oxygens (including phenoxy) is 1. The fourth-order valence-electron chi connectivity index (χ4n) is 3.50. The number of carbonyl (C=O) groups is 4. The van der Waals surface area contributed by atoms with E-state index < -0.39 is 23.9 Å². The molecule has 0 radical (unpaired) electrons. The van der Waals surface area contributed by atoms with Crippen LogP contribution >= 0.6 is 11.8 Å². The van der Waals surface area contributed by atoms with Gasteiger partial charge in [0.2, 0.25) is 0 Å². The number of benzene rings is 2. The first-order valence-electron chi connectivity index (χ1n) is 9.63. The summed E-state index contributed by atoms with van der Waals surface area (Å²) in [6, 6.07) is 15.2. The van der Waals surface area contributed by atoms with Crippen LogP contribution in [0.4, 0.5) is 0 Å². The van der Waals surface area contributed by atoms with Crippen molar-refractivity contribution in [3.63, 3.8) is 0 Å². The molecule has 0 aliphatic carbocycles. The van der Waals surface area contributed by atoms with Gasteiger partial charge in [0.25, 0.3) is 17.7 Å². The van der Waals surface area contributed by atoms with Crippen LogP contribution in [0, 0.1) is 0 Å². The Morgan fingerprint density at radius 2 is 1.60 bits per heavy atom. The third-order valence-corrected chi connectivity index (χ3v) is 6.24. The van der Waals surface area contributed by atoms with Gasteiger partial charge in [0, 0.05) is 23.6 Å². The number of rotatable bonds is 6. The number of hydrogen-bond donors (Lipinski definition) is 1. The van der Waals surface area contributed by atoms with Gasteiger partial charge in [0.15, 0.2) is 0 Å². The maximum absolute atomic E-state index is 12.4. The van der Waals surface area contributed by atoms with Gasteiger partial charge in [-0.2, -0.15) is 11.8 Å². The number of amides is 3. The molecule has 0 saturated carbocycles. The third kappa shape index (κ3) is 4.09. The summed E-state index contributed by atoms with van der Waals surface area (Å²) >= 11 is 1.59. The number of fused-ring (bicyclic) bond motifs is 1. The second-order valence-corrected chi connectivity index (χ2v) is 8.14. The van der Waals surface area contributed by atoms with Crippen LogP contribution < -0.4 is 5.32 Å². The number of esters is 1. The molecular weight excluding hydrogens is 404 g/mol. The zero-order valence-corrected chi connectivity index (χ0v) is 16.9. The van der Waals surface area contributed by atoms with Crippen molar-refractivity contribution in [2.75, 3.05) is 18.1 Å². The van der Waals surface area contributed by atoms with Crippen molar-refractivity contribution in [3.05, 3.63) is 71.3 Å². The molecule has 7 nitrogen and oxygen atoms in total. The number of thioether (sulfide) groups is 1. The predicted molar refractivity (Wildman–Crippen MR) is 111 cm³/mol. The fraction of sp³-hybridized carbons (Fsp3) is 0.273. The molecule has 2 aliphatic rings. The van der Waals surface area contributed by atoms with E-state index in [0.29, 0.717) is 28.2 Å². The van der Waals surface area contributed by atoms with Gasteiger partial charge in [0.05, 0.1) is 23.6 Å². The Kier molecular flexibility index (Phi) is 5.85. The van der Waals surface area contributed by atoms with Crippen molar-refractivity contribution in [2.24, 2.45) is 0 Å². The molecular formula is C22H20N2O5S. The Labute approximate surface area is 177 Å². The summed E-state index contributed by atoms with van der Waals surface area (Å²) in [5.41, 5.74) is 1.25. The van der Waals surface area contributed by atoms with E-state index in [-0.39, 0.29) is 24.9 Å². The van der Waals surface area contributed by atoms with Crippen LogP contribution in [-0.2, 0) is 9.53 Å². The Morgan fingerprint density at radius 3 is 2.27 bits per heavy atom. The zero-order valence-electron chi connectivity index (χ0n) is 16.1. The van der Waals surface area contributed by atoms with Crippen LogP contribution in [0.25, 0.3) is 0 Å². The van der Waals surface area contributed by atoms with Crippen LogP contribution in [-0.4, -0.2) is 58.8 Å². The average Bonchev–Trinajstić information content (AvgIpc) is 3.29. The molecule has 2 aromatic rings. The molecule has 1 N–H and O–H groups in total. The Hall–Kier alpha value is -3.13. The second-order valence-electron chi connectivity index (χ2n) is 7.07. The van der Waals surface area contributed by atoms with Gasteiger partial charge in [-0.05, 0) is 24.3 Å². The lowest BCUT2D eigenvalue weighted by Crippen LogP contribution is -2.44. The van der Waals surface area contributed by atoms with Crippen LogP contribution in [0.5, 0.6) is 0 Å². The molecule has 3 amide bonds. The lowest BCUT2D eigenvalue weighted by Gasteiger charge is -2.21. The molecule has 154 valence electrons. The lowest BCUT2D eigenvalue weighted by molar-refractivity contribution is -0.148. The predicted octanol–water partition coefficient (Wildman–Crippen LogP) is 2.13. The van der Waals surface area contributed by atoms with E-state index in [1.165, 1.54) is 0 Å². The molecule has 2 aliphatic heterocycles. The van der Waals surface area contributed by atoms with Gasteiger partial charge < -0.3 is 10.1 Å². The quantitative estimate of drug-likeness (QED) is 0.564. The van der Waals surface area contributed by atoms with E-state index in [1.54, 1.807) is 60.3 Å². The summed E-state index contributed by atoms with van der Waals surface area (Å²) in [5, 5.41) is 2.92. The summed E-state index contributed by atoms with van der Waals surface area (Å²) in [6.07, 6.45) is -0.538. The molecule has 1 fully saturated rings. The monoisotopic (exact) mass is 424 g/mol. The van der Waals surface area contributed by atoms with Crippen molar-refractivity contribution in [1.29, 1.82) is 0 Å². The molecule has 0 aromatic heterocycles. The van der Waals surface area contributed by atoms with Gasteiger partial charge >= 0.3 is 5.97 Å². The fourth-order valence-corrected chi connectivity index (χ4v) is 4.72. The van der Waals surface area contributed by atoms with Gasteiger partial charge in [-0.1, -0.05) is 30.3 Å². The SMILES string of the molecule is O=C(CCN1C(=O)c2ccccc2C1=O)O[C@H]1CSC[C@H]1NC(=O)c1ccccc1. The second kappa shape index (κ2) is 8.71. The molecule has 0 bridgehead atoms. The molecule has 0 spiro atoms. The highest BCUT2D eigenvalue weighted by Gasteiger charge is 2.36. The standard InChI is InChI=1S/C22H20N2O5S/c25-19(10-11-24-21(27)15-8-4-5-9-16(15)22(24)28)29-18-13-30-12-17(18)23-20(26)14-6-2-1-3-7-14/h1-9,17-18H,10-13H2,(H,23,26)/t17-,18+/m1/s1. The maximum atomic E-state index is 12.4. The molecule has 0 unspecified atom stereocenters. The molecule has 1 saturated heterocycles. The van der Waals surface area contributed by atoms with E-state index in [0.717, 1.165) is 4.90 Å². The number of imide groups is 1. The summed E-state index contributed by atoms with van der Waals surface area (Å²) in [4.78, 5) is 50.5. The number of hydrogen-bond acceptors (Lipinski definition) is 6. The van der Waals surface area contributed by atoms with E-state index in [4.69, 9.17) is 4.74 Å². The molecule has 2 heterocycles. The lowest BCUT2D eigenvalue weighted by atomic mass is 10.1. The van der Waals surface area contributed by atoms with E-state index >= 15 is 0 Å². The normalized spacial score (nSPS) is 20.2. The van der Waals surface area contributed by atoms with Crippen molar-refractivity contribution in [2.45, 2.75) is 18.6 Å². The number of nitrogens with one attached hydrogen (secondary N) is 1. The van der Waals surface area contributed by atoms with Crippen molar-refractivity contribution in [3.8, 4) is 0 Å². The Morgan fingerprint density at radius 1 is 0.967 bits per heavy atom. The van der Waals surface area contributed by atoms with E-state index in [2.05, 4.69) is 5.32 Å². The largest absolute Gasteiger partial charge is 0.459 e. The highest BCUT2D eigenvalue weighted by Crippen LogP contribution is 2.24. The average molecular weight is 424 g/mol. The molecule has 30 heavy (non-hydrogen) atoms. The van der Waals surface area contributed by atoms with E-state index in [9.17, 15) is 19.2 Å². The van der Waals surface area contributed by atoms with Crippen LogP contribution in [0.1, 0.15) is 37.5 Å². The minimum Gasteiger partial charge on any atom is -0.459 e. The molecule has 2 aromatic carbocycles. The topological polar surface area (TPSA) is 92.8 Å². The highest BCUT2D eigenvalue weighted by atomic mass is 32.2. The van der Waals surface area contributed by atoms with Crippen molar-refractivity contribution < 1.29 is 23.9 Å². The molecule has 2 atom stereocenters. The molecule has 4 rings (SSSR count). The Bertz CT molecular complexity index is 959. The van der Waals surface area contributed by atoms with Crippen LogP contribution in [0.2, 0.25) is 0 Å². The minimum absolute atomic E-state index is 0.0356. The smallest absolute Gasteiger partial charge is 0.307 e. The minimum atomic E-state index is -0.502. The third-order valence-electron chi connectivity index (χ3n) is 5.08. The van der Waals surface area contributed by atoms with Crippen molar-refractivity contribution >= 4 is 35.5 Å². The highest BCUT2D eigenvalue weighted by molar-refractivity contribution is 7.99. The first-order chi connectivity index (χ1) is 14.5. The van der Waals surface area contributed by atoms with Gasteiger partial charge in [-0.25, -0.2) is 0 Å². The summed E-state index contributed by atoms with van der Waals surface area (Å²) in [5.74, 6) is -0.276.